The van der Waals surface area contributed by atoms with E-state index in [1.165, 1.54) is 0 Å². The lowest BCUT2D eigenvalue weighted by atomic mass is 10.0. The van der Waals surface area contributed by atoms with E-state index in [1.54, 1.807) is 4.90 Å². The van der Waals surface area contributed by atoms with Gasteiger partial charge in [0.25, 0.3) is 0 Å². The van der Waals surface area contributed by atoms with Crippen LogP contribution in [0.5, 0.6) is 0 Å². The Balaban J connectivity index is 2.13. The lowest BCUT2D eigenvalue weighted by Gasteiger charge is -2.38. The number of thiol groups is 1. The average Bonchev–Trinajstić information content (AvgIpc) is 1.94. The third kappa shape index (κ3) is 2.08. The quantitative estimate of drug-likeness (QED) is 0.477. The van der Waals surface area contributed by atoms with Crippen LogP contribution in [0.1, 0.15) is 0 Å². The number of carbonyl (C=O) groups is 1. The second kappa shape index (κ2) is 3.94. The van der Waals surface area contributed by atoms with Crippen molar-refractivity contribution in [1.29, 1.82) is 0 Å². The molecule has 1 saturated heterocycles. The summed E-state index contributed by atoms with van der Waals surface area (Å²) < 4.78 is 2.74. The van der Waals surface area contributed by atoms with Crippen molar-refractivity contribution in [3.05, 3.63) is 0 Å². The molecule has 5 heteroatoms. The summed E-state index contributed by atoms with van der Waals surface area (Å²) in [4.78, 5) is 12.4. The first-order chi connectivity index (χ1) is 5.27. The van der Waals surface area contributed by atoms with E-state index < -0.39 is 0 Å². The highest BCUT2D eigenvalue weighted by atomic mass is 32.1. The van der Waals surface area contributed by atoms with E-state index in [2.05, 4.69) is 17.5 Å². The number of aliphatic hydroxyl groups excluding tert-OH is 1. The van der Waals surface area contributed by atoms with E-state index >= 15 is 0 Å². The molecule has 11 heavy (non-hydrogen) atoms. The van der Waals surface area contributed by atoms with E-state index in [1.807, 2.05) is 0 Å². The number of aliphatic hydroxyl groups is 1. The normalized spacial score (nSPS) is 18.2. The summed E-state index contributed by atoms with van der Waals surface area (Å²) in [5.41, 5.74) is 0. The minimum absolute atomic E-state index is 0.180. The Morgan fingerprint density at radius 1 is 1.73 bits per heavy atom. The van der Waals surface area contributed by atoms with Crippen molar-refractivity contribution >= 4 is 18.7 Å². The summed E-state index contributed by atoms with van der Waals surface area (Å²) in [7, 11) is 0. The zero-order chi connectivity index (χ0) is 8.27. The Labute approximate surface area is 71.1 Å². The van der Waals surface area contributed by atoms with Crippen LogP contribution in [-0.4, -0.2) is 42.2 Å². The standard InChI is InChI=1S/C6H12N2O2S/c9-4-6(10)8-2-5(3-8)1-7-11/h5,7,9,11H,1-4H2. The van der Waals surface area contributed by atoms with Gasteiger partial charge in [-0.3, -0.25) is 9.52 Å². The second-order valence-corrected chi connectivity index (χ2v) is 3.00. The summed E-state index contributed by atoms with van der Waals surface area (Å²) in [6.45, 7) is 1.93. The van der Waals surface area contributed by atoms with E-state index in [-0.39, 0.29) is 12.5 Å². The molecule has 0 radical (unpaired) electrons. The first kappa shape index (κ1) is 8.83. The van der Waals surface area contributed by atoms with Crippen molar-refractivity contribution in [3.8, 4) is 0 Å². The molecular weight excluding hydrogens is 164 g/mol. The van der Waals surface area contributed by atoms with Gasteiger partial charge < -0.3 is 10.0 Å². The topological polar surface area (TPSA) is 52.6 Å². The Bertz CT molecular complexity index is 148. The summed E-state index contributed by atoms with van der Waals surface area (Å²) >= 11 is 3.85. The fraction of sp³-hybridized carbons (Fsp3) is 0.833. The molecule has 1 aliphatic rings. The van der Waals surface area contributed by atoms with Gasteiger partial charge in [0.05, 0.1) is 0 Å². The first-order valence-corrected chi connectivity index (χ1v) is 3.98. The SMILES string of the molecule is O=C(CO)N1CC(CNS)C1. The number of hydrogen-bond acceptors (Lipinski definition) is 4. The van der Waals surface area contributed by atoms with Gasteiger partial charge in [-0.15, -0.1) is 0 Å². The van der Waals surface area contributed by atoms with Gasteiger partial charge in [0.15, 0.2) is 0 Å². The zero-order valence-corrected chi connectivity index (χ0v) is 7.05. The molecule has 1 aliphatic heterocycles. The van der Waals surface area contributed by atoms with E-state index in [0.717, 1.165) is 19.6 Å². The molecule has 0 aliphatic carbocycles. The molecule has 0 aromatic rings. The molecule has 0 saturated carbocycles. The Hall–Kier alpha value is -0.260. The lowest BCUT2D eigenvalue weighted by Crippen LogP contribution is -2.53. The van der Waals surface area contributed by atoms with Gasteiger partial charge in [-0.1, -0.05) is 12.8 Å². The van der Waals surface area contributed by atoms with Gasteiger partial charge in [-0.2, -0.15) is 0 Å². The van der Waals surface area contributed by atoms with Crippen molar-refractivity contribution in [2.45, 2.75) is 0 Å². The molecule has 1 fully saturated rings. The molecule has 0 spiro atoms. The fourth-order valence-electron chi connectivity index (χ4n) is 1.13. The molecule has 0 aromatic carbocycles. The monoisotopic (exact) mass is 176 g/mol. The van der Waals surface area contributed by atoms with E-state index in [4.69, 9.17) is 5.11 Å². The highest BCUT2D eigenvalue weighted by Gasteiger charge is 2.29. The van der Waals surface area contributed by atoms with E-state index in [0.29, 0.717) is 5.92 Å². The van der Waals surface area contributed by atoms with Crippen molar-refractivity contribution in [1.82, 2.24) is 9.62 Å². The summed E-state index contributed by atoms with van der Waals surface area (Å²) in [5.74, 6) is 0.323. The van der Waals surface area contributed by atoms with Crippen molar-refractivity contribution < 1.29 is 9.90 Å². The highest BCUT2D eigenvalue weighted by molar-refractivity contribution is 7.78. The number of nitrogens with zero attached hydrogens (tertiary/aromatic N) is 1. The number of likely N-dealkylation sites (tertiary alicyclic amines) is 1. The molecule has 1 heterocycles. The molecular formula is C6H12N2O2S. The molecule has 0 bridgehead atoms. The summed E-state index contributed by atoms with van der Waals surface area (Å²) in [6, 6.07) is 0. The minimum Gasteiger partial charge on any atom is -0.387 e. The Morgan fingerprint density at radius 2 is 2.36 bits per heavy atom. The predicted octanol–water partition coefficient (Wildman–Crippen LogP) is -1.13. The molecule has 1 rings (SSSR count). The molecule has 1 amide bonds. The number of carbonyl (C=O) groups excluding carboxylic acids is 1. The maximum atomic E-state index is 10.8. The number of amides is 1. The molecule has 4 nitrogen and oxygen atoms in total. The van der Waals surface area contributed by atoms with Crippen molar-refractivity contribution in [3.63, 3.8) is 0 Å². The molecule has 2 N–H and O–H groups in total. The zero-order valence-electron chi connectivity index (χ0n) is 6.16. The third-order valence-corrected chi connectivity index (χ3v) is 2.01. The summed E-state index contributed by atoms with van der Waals surface area (Å²) in [5, 5.41) is 8.46. The Kier molecular flexibility index (Phi) is 3.16. The van der Waals surface area contributed by atoms with Crippen LogP contribution in [0.2, 0.25) is 0 Å². The summed E-state index contributed by atoms with van der Waals surface area (Å²) in [6.07, 6.45) is 0. The molecule has 64 valence electrons. The van der Waals surface area contributed by atoms with Crippen molar-refractivity contribution in [2.75, 3.05) is 26.2 Å². The minimum atomic E-state index is -0.374. The van der Waals surface area contributed by atoms with Crippen LogP contribution < -0.4 is 4.72 Å². The van der Waals surface area contributed by atoms with Crippen LogP contribution in [0, 0.1) is 5.92 Å². The van der Waals surface area contributed by atoms with Gasteiger partial charge in [-0.05, 0) is 0 Å². The fourth-order valence-corrected chi connectivity index (χ4v) is 1.39. The number of nitrogens with one attached hydrogen (secondary N) is 1. The first-order valence-electron chi connectivity index (χ1n) is 3.53. The Morgan fingerprint density at radius 3 is 2.82 bits per heavy atom. The maximum absolute atomic E-state index is 10.8. The van der Waals surface area contributed by atoms with Gasteiger partial charge in [0.2, 0.25) is 5.91 Å². The lowest BCUT2D eigenvalue weighted by molar-refractivity contribution is -0.140. The average molecular weight is 176 g/mol. The smallest absolute Gasteiger partial charge is 0.248 e. The molecule has 0 aromatic heterocycles. The van der Waals surface area contributed by atoms with Crippen LogP contribution in [0.4, 0.5) is 0 Å². The van der Waals surface area contributed by atoms with Gasteiger partial charge in [-0.25, -0.2) is 0 Å². The van der Waals surface area contributed by atoms with Gasteiger partial charge >= 0.3 is 0 Å². The van der Waals surface area contributed by atoms with Crippen LogP contribution in [-0.2, 0) is 4.79 Å². The predicted molar refractivity (Wildman–Crippen MR) is 44.1 cm³/mol. The maximum Gasteiger partial charge on any atom is 0.248 e. The highest BCUT2D eigenvalue weighted by Crippen LogP contribution is 2.14. The van der Waals surface area contributed by atoms with Crippen LogP contribution in [0.3, 0.4) is 0 Å². The largest absolute Gasteiger partial charge is 0.387 e. The van der Waals surface area contributed by atoms with Gasteiger partial charge in [0.1, 0.15) is 6.61 Å². The second-order valence-electron chi connectivity index (χ2n) is 2.69. The van der Waals surface area contributed by atoms with Crippen molar-refractivity contribution in [2.24, 2.45) is 5.92 Å². The third-order valence-electron chi connectivity index (χ3n) is 1.83. The number of rotatable bonds is 3. The van der Waals surface area contributed by atoms with Crippen LogP contribution in [0.25, 0.3) is 0 Å². The van der Waals surface area contributed by atoms with Crippen LogP contribution in [0.15, 0.2) is 0 Å². The van der Waals surface area contributed by atoms with Gasteiger partial charge in [0, 0.05) is 25.6 Å². The number of hydrogen-bond donors (Lipinski definition) is 3. The van der Waals surface area contributed by atoms with Crippen LogP contribution >= 0.6 is 12.8 Å². The molecule has 0 atom stereocenters. The van der Waals surface area contributed by atoms with E-state index in [9.17, 15) is 4.79 Å². The molecule has 0 unspecified atom stereocenters.